The Morgan fingerprint density at radius 2 is 2.00 bits per heavy atom. The SMILES string of the molecule is COc1cc(-c2cc(C(=O)N3CCC(C(=O)NCc4c(F)ccc(C)c4F)CC3)n[nH]2)c(Cl)cn1. The van der Waals surface area contributed by atoms with Gasteiger partial charge in [-0.1, -0.05) is 17.7 Å². The van der Waals surface area contributed by atoms with Gasteiger partial charge in [-0.3, -0.25) is 14.7 Å². The third kappa shape index (κ3) is 5.27. The lowest BCUT2D eigenvalue weighted by Crippen LogP contribution is -2.43. The molecule has 0 bridgehead atoms. The second-order valence-corrected chi connectivity index (χ2v) is 8.72. The molecule has 0 radical (unpaired) electrons. The first-order chi connectivity index (χ1) is 16.8. The summed E-state index contributed by atoms with van der Waals surface area (Å²) >= 11 is 6.22. The molecule has 35 heavy (non-hydrogen) atoms. The minimum absolute atomic E-state index is 0.160. The molecule has 0 saturated carbocycles. The number of carbonyl (C=O) groups is 2. The van der Waals surface area contributed by atoms with Crippen LogP contribution in [0.25, 0.3) is 11.3 Å². The van der Waals surface area contributed by atoms with Crippen molar-refractivity contribution in [3.8, 4) is 17.1 Å². The zero-order valence-corrected chi connectivity index (χ0v) is 20.0. The summed E-state index contributed by atoms with van der Waals surface area (Å²) < 4.78 is 33.2. The topological polar surface area (TPSA) is 100 Å². The highest BCUT2D eigenvalue weighted by molar-refractivity contribution is 6.33. The fourth-order valence-electron chi connectivity index (χ4n) is 4.01. The third-order valence-corrected chi connectivity index (χ3v) is 6.40. The van der Waals surface area contributed by atoms with Crippen LogP contribution in [0.3, 0.4) is 0 Å². The summed E-state index contributed by atoms with van der Waals surface area (Å²) in [5.74, 6) is -1.89. The lowest BCUT2D eigenvalue weighted by atomic mass is 9.95. The number of benzene rings is 1. The number of halogens is 3. The summed E-state index contributed by atoms with van der Waals surface area (Å²) in [5, 5.41) is 9.94. The number of rotatable bonds is 6. The molecule has 1 aliphatic rings. The predicted octanol–water partition coefficient (Wildman–Crippen LogP) is 3.89. The molecule has 11 heteroatoms. The van der Waals surface area contributed by atoms with E-state index in [4.69, 9.17) is 16.3 Å². The Morgan fingerprint density at radius 1 is 1.26 bits per heavy atom. The Morgan fingerprint density at radius 3 is 2.71 bits per heavy atom. The number of amides is 2. The molecule has 0 spiro atoms. The normalized spacial score (nSPS) is 14.1. The van der Waals surface area contributed by atoms with E-state index in [1.165, 1.54) is 32.4 Å². The highest BCUT2D eigenvalue weighted by Gasteiger charge is 2.29. The minimum Gasteiger partial charge on any atom is -0.481 e. The Bertz CT molecular complexity index is 1260. The van der Waals surface area contributed by atoms with Crippen molar-refractivity contribution in [3.63, 3.8) is 0 Å². The number of pyridine rings is 1. The lowest BCUT2D eigenvalue weighted by Gasteiger charge is -2.30. The molecular formula is C24H24ClF2N5O3. The van der Waals surface area contributed by atoms with Gasteiger partial charge >= 0.3 is 0 Å². The smallest absolute Gasteiger partial charge is 0.274 e. The molecule has 3 heterocycles. The predicted molar refractivity (Wildman–Crippen MR) is 125 cm³/mol. The van der Waals surface area contributed by atoms with E-state index in [2.05, 4.69) is 20.5 Å². The maximum atomic E-state index is 14.2. The van der Waals surface area contributed by atoms with Crippen LogP contribution in [0.5, 0.6) is 5.88 Å². The first-order valence-electron chi connectivity index (χ1n) is 11.0. The van der Waals surface area contributed by atoms with Crippen LogP contribution in [0.4, 0.5) is 8.78 Å². The van der Waals surface area contributed by atoms with Gasteiger partial charge in [-0.05, 0) is 37.5 Å². The summed E-state index contributed by atoms with van der Waals surface area (Å²) in [6.07, 6.45) is 2.32. The number of H-pyrrole nitrogens is 1. The number of likely N-dealkylation sites (tertiary alicyclic amines) is 1. The summed E-state index contributed by atoms with van der Waals surface area (Å²) in [5.41, 5.74) is 1.52. The van der Waals surface area contributed by atoms with Crippen molar-refractivity contribution in [2.24, 2.45) is 5.92 Å². The number of nitrogens with one attached hydrogen (secondary N) is 2. The molecular weight excluding hydrogens is 480 g/mol. The average Bonchev–Trinajstić information content (AvgIpc) is 3.36. The fourth-order valence-corrected chi connectivity index (χ4v) is 4.22. The summed E-state index contributed by atoms with van der Waals surface area (Å²) in [4.78, 5) is 31.2. The number of ether oxygens (including phenoxy) is 1. The number of nitrogens with zero attached hydrogens (tertiary/aromatic N) is 3. The van der Waals surface area contributed by atoms with Crippen LogP contribution >= 0.6 is 11.6 Å². The van der Waals surface area contributed by atoms with Gasteiger partial charge in [-0.25, -0.2) is 13.8 Å². The minimum atomic E-state index is -0.696. The van der Waals surface area contributed by atoms with Crippen molar-refractivity contribution >= 4 is 23.4 Å². The quantitative estimate of drug-likeness (QED) is 0.531. The van der Waals surface area contributed by atoms with Gasteiger partial charge in [-0.2, -0.15) is 5.10 Å². The molecule has 0 unspecified atom stereocenters. The van der Waals surface area contributed by atoms with Crippen molar-refractivity contribution in [2.75, 3.05) is 20.2 Å². The van der Waals surface area contributed by atoms with Crippen molar-refractivity contribution in [2.45, 2.75) is 26.3 Å². The van der Waals surface area contributed by atoms with Crippen molar-refractivity contribution in [3.05, 3.63) is 63.9 Å². The Balaban J connectivity index is 1.34. The van der Waals surface area contributed by atoms with Crippen LogP contribution in [0.1, 0.15) is 34.5 Å². The van der Waals surface area contributed by atoms with Crippen LogP contribution in [0, 0.1) is 24.5 Å². The number of methoxy groups -OCH3 is 1. The van der Waals surface area contributed by atoms with Gasteiger partial charge in [0.1, 0.15) is 11.6 Å². The van der Waals surface area contributed by atoms with Crippen LogP contribution in [0.15, 0.2) is 30.5 Å². The van der Waals surface area contributed by atoms with Crippen molar-refractivity contribution in [1.82, 2.24) is 25.4 Å². The zero-order valence-electron chi connectivity index (χ0n) is 19.2. The molecule has 4 rings (SSSR count). The van der Waals surface area contributed by atoms with Gasteiger partial charge in [-0.15, -0.1) is 0 Å². The fraction of sp³-hybridized carbons (Fsp3) is 0.333. The van der Waals surface area contributed by atoms with Gasteiger partial charge in [0.05, 0.1) is 24.0 Å². The number of aryl methyl sites for hydroxylation is 1. The molecule has 0 aliphatic carbocycles. The van der Waals surface area contributed by atoms with E-state index >= 15 is 0 Å². The van der Waals surface area contributed by atoms with E-state index in [1.54, 1.807) is 17.0 Å². The number of piperidine rings is 1. The van der Waals surface area contributed by atoms with Gasteiger partial charge in [0.25, 0.3) is 5.91 Å². The second kappa shape index (κ2) is 10.4. The molecule has 0 atom stereocenters. The van der Waals surface area contributed by atoms with E-state index in [1.807, 2.05) is 0 Å². The largest absolute Gasteiger partial charge is 0.481 e. The van der Waals surface area contributed by atoms with Crippen molar-refractivity contribution in [1.29, 1.82) is 0 Å². The first-order valence-corrected chi connectivity index (χ1v) is 11.4. The summed E-state index contributed by atoms with van der Waals surface area (Å²) in [6, 6.07) is 5.78. The Hall–Kier alpha value is -3.53. The standard InChI is InChI=1S/C24H24ClF2N5O3/c1-13-3-4-18(26)16(22(13)27)11-29-23(33)14-5-7-32(8-6-14)24(34)20-10-19(30-31-20)15-9-21(35-2)28-12-17(15)25/h3-4,9-10,12,14H,5-8,11H2,1-2H3,(H,29,33)(H,30,31). The van der Waals surface area contributed by atoms with Gasteiger partial charge in [0.2, 0.25) is 11.8 Å². The molecule has 1 aliphatic heterocycles. The Kier molecular flexibility index (Phi) is 7.30. The molecule has 2 N–H and O–H groups in total. The van der Waals surface area contributed by atoms with Crippen molar-refractivity contribution < 1.29 is 23.1 Å². The number of hydrogen-bond donors (Lipinski definition) is 2. The van der Waals surface area contributed by atoms with Crippen LogP contribution in [-0.2, 0) is 11.3 Å². The van der Waals surface area contributed by atoms with Gasteiger partial charge in [0, 0.05) is 42.7 Å². The number of aromatic amines is 1. The number of aromatic nitrogens is 3. The van der Waals surface area contributed by atoms with E-state index in [0.29, 0.717) is 53.7 Å². The maximum absolute atomic E-state index is 14.2. The highest BCUT2D eigenvalue weighted by atomic mass is 35.5. The van der Waals surface area contributed by atoms with Gasteiger partial charge in [0.15, 0.2) is 5.69 Å². The molecule has 2 aromatic heterocycles. The number of carbonyl (C=O) groups excluding carboxylic acids is 2. The molecule has 1 fully saturated rings. The Labute approximate surface area is 205 Å². The molecule has 8 nitrogen and oxygen atoms in total. The maximum Gasteiger partial charge on any atom is 0.274 e. The third-order valence-electron chi connectivity index (χ3n) is 6.10. The molecule has 1 saturated heterocycles. The van der Waals surface area contributed by atoms with E-state index in [0.717, 1.165) is 0 Å². The molecule has 3 aromatic rings. The molecule has 2 amide bonds. The molecule has 184 valence electrons. The second-order valence-electron chi connectivity index (χ2n) is 8.31. The zero-order chi connectivity index (χ0) is 25.1. The lowest BCUT2D eigenvalue weighted by molar-refractivity contribution is -0.126. The monoisotopic (exact) mass is 503 g/mol. The average molecular weight is 504 g/mol. The summed E-state index contributed by atoms with van der Waals surface area (Å²) in [7, 11) is 1.49. The van der Waals surface area contributed by atoms with E-state index < -0.39 is 11.6 Å². The van der Waals surface area contributed by atoms with Crippen LogP contribution in [0.2, 0.25) is 5.02 Å². The van der Waals surface area contributed by atoms with E-state index in [-0.39, 0.29) is 35.5 Å². The van der Waals surface area contributed by atoms with E-state index in [9.17, 15) is 18.4 Å². The van der Waals surface area contributed by atoms with Crippen LogP contribution in [-0.4, -0.2) is 52.1 Å². The van der Waals surface area contributed by atoms with Crippen LogP contribution < -0.4 is 10.1 Å². The molecule has 1 aromatic carbocycles. The number of hydrogen-bond acceptors (Lipinski definition) is 5. The highest BCUT2D eigenvalue weighted by Crippen LogP contribution is 2.29. The van der Waals surface area contributed by atoms with Gasteiger partial charge < -0.3 is 15.0 Å². The summed E-state index contributed by atoms with van der Waals surface area (Å²) in [6.45, 7) is 2.03. The first kappa shape index (κ1) is 24.6.